The molecule has 0 aliphatic heterocycles. The highest BCUT2D eigenvalue weighted by Crippen LogP contribution is 2.16. The van der Waals surface area contributed by atoms with E-state index in [0.29, 0.717) is 11.6 Å². The van der Waals surface area contributed by atoms with Crippen molar-refractivity contribution in [1.82, 2.24) is 4.98 Å². The standard InChI is InChI=1S/C15H15ClN2OS/c1-11-5-6-14(17-8-11)18-15(19)10-20-9-12-3-2-4-13(16)7-12/h2-8H,9-10H2,1H3,(H,17,18,19). The van der Waals surface area contributed by atoms with E-state index < -0.39 is 0 Å². The number of anilines is 1. The van der Waals surface area contributed by atoms with Gasteiger partial charge in [-0.3, -0.25) is 4.79 Å². The number of benzene rings is 1. The second kappa shape index (κ2) is 7.31. The summed E-state index contributed by atoms with van der Waals surface area (Å²) in [7, 11) is 0. The molecule has 2 aromatic rings. The van der Waals surface area contributed by atoms with Crippen LogP contribution in [-0.2, 0) is 10.5 Å². The molecule has 1 aromatic heterocycles. The lowest BCUT2D eigenvalue weighted by Gasteiger charge is -2.05. The first kappa shape index (κ1) is 14.9. The quantitative estimate of drug-likeness (QED) is 0.910. The van der Waals surface area contributed by atoms with Crippen molar-refractivity contribution in [1.29, 1.82) is 0 Å². The van der Waals surface area contributed by atoms with Gasteiger partial charge < -0.3 is 5.32 Å². The molecule has 0 spiro atoms. The second-order valence-corrected chi connectivity index (χ2v) is 5.81. The van der Waals surface area contributed by atoms with Gasteiger partial charge in [-0.1, -0.05) is 29.8 Å². The smallest absolute Gasteiger partial charge is 0.235 e. The SMILES string of the molecule is Cc1ccc(NC(=O)CSCc2cccc(Cl)c2)nc1. The van der Waals surface area contributed by atoms with Crippen LogP contribution in [0.25, 0.3) is 0 Å². The van der Waals surface area contributed by atoms with Gasteiger partial charge >= 0.3 is 0 Å². The molecule has 1 amide bonds. The number of aromatic nitrogens is 1. The summed E-state index contributed by atoms with van der Waals surface area (Å²) >= 11 is 7.46. The number of nitrogens with zero attached hydrogens (tertiary/aromatic N) is 1. The third-order valence-electron chi connectivity index (χ3n) is 2.57. The van der Waals surface area contributed by atoms with E-state index in [2.05, 4.69) is 10.3 Å². The molecule has 0 atom stereocenters. The Kier molecular flexibility index (Phi) is 5.44. The number of carbonyl (C=O) groups is 1. The van der Waals surface area contributed by atoms with Gasteiger partial charge in [-0.25, -0.2) is 4.98 Å². The number of halogens is 1. The van der Waals surface area contributed by atoms with Gasteiger partial charge in [0.25, 0.3) is 0 Å². The Hall–Kier alpha value is -1.52. The summed E-state index contributed by atoms with van der Waals surface area (Å²) in [6.07, 6.45) is 1.73. The van der Waals surface area contributed by atoms with E-state index in [1.165, 1.54) is 0 Å². The lowest BCUT2D eigenvalue weighted by molar-refractivity contribution is -0.113. The summed E-state index contributed by atoms with van der Waals surface area (Å²) in [6.45, 7) is 1.96. The summed E-state index contributed by atoms with van der Waals surface area (Å²) in [5.74, 6) is 1.69. The van der Waals surface area contributed by atoms with Crippen LogP contribution >= 0.6 is 23.4 Å². The predicted octanol–water partition coefficient (Wildman–Crippen LogP) is 3.92. The van der Waals surface area contributed by atoms with E-state index in [1.807, 2.05) is 37.3 Å². The Morgan fingerprint density at radius 1 is 1.35 bits per heavy atom. The van der Waals surface area contributed by atoms with Crippen LogP contribution in [0, 0.1) is 6.92 Å². The first-order valence-corrected chi connectivity index (χ1v) is 7.71. The van der Waals surface area contributed by atoms with Gasteiger partial charge in [-0.05, 0) is 36.2 Å². The lowest BCUT2D eigenvalue weighted by atomic mass is 10.2. The van der Waals surface area contributed by atoms with Crippen LogP contribution in [0.15, 0.2) is 42.6 Å². The average molecular weight is 307 g/mol. The van der Waals surface area contributed by atoms with Crippen molar-refractivity contribution in [2.75, 3.05) is 11.1 Å². The van der Waals surface area contributed by atoms with Crippen LogP contribution in [0.5, 0.6) is 0 Å². The van der Waals surface area contributed by atoms with Crippen LogP contribution in [0.3, 0.4) is 0 Å². The fourth-order valence-electron chi connectivity index (χ4n) is 1.61. The predicted molar refractivity (Wildman–Crippen MR) is 85.2 cm³/mol. The van der Waals surface area contributed by atoms with Gasteiger partial charge in [0.1, 0.15) is 5.82 Å². The number of pyridine rings is 1. The Morgan fingerprint density at radius 3 is 2.90 bits per heavy atom. The molecular weight excluding hydrogens is 292 g/mol. The number of rotatable bonds is 5. The molecule has 0 saturated heterocycles. The molecular formula is C15H15ClN2OS. The van der Waals surface area contributed by atoms with Crippen molar-refractivity contribution >= 4 is 35.1 Å². The number of nitrogens with one attached hydrogen (secondary N) is 1. The molecule has 2 rings (SSSR count). The number of thioether (sulfide) groups is 1. The van der Waals surface area contributed by atoms with Gasteiger partial charge in [-0.2, -0.15) is 0 Å². The Balaban J connectivity index is 1.76. The largest absolute Gasteiger partial charge is 0.310 e. The fourth-order valence-corrected chi connectivity index (χ4v) is 2.60. The first-order chi connectivity index (χ1) is 9.63. The highest BCUT2D eigenvalue weighted by atomic mass is 35.5. The summed E-state index contributed by atoms with van der Waals surface area (Å²) in [5.41, 5.74) is 2.18. The zero-order valence-corrected chi connectivity index (χ0v) is 12.7. The molecule has 3 nitrogen and oxygen atoms in total. The summed E-state index contributed by atoms with van der Waals surface area (Å²) < 4.78 is 0. The fraction of sp³-hybridized carbons (Fsp3) is 0.200. The van der Waals surface area contributed by atoms with Crippen LogP contribution in [0.1, 0.15) is 11.1 Å². The molecule has 0 radical (unpaired) electrons. The Morgan fingerprint density at radius 2 is 2.20 bits per heavy atom. The lowest BCUT2D eigenvalue weighted by Crippen LogP contribution is -2.15. The van der Waals surface area contributed by atoms with Crippen LogP contribution < -0.4 is 5.32 Å². The number of hydrogen-bond donors (Lipinski definition) is 1. The summed E-state index contributed by atoms with van der Waals surface area (Å²) in [4.78, 5) is 15.9. The van der Waals surface area contributed by atoms with Crippen molar-refractivity contribution in [3.8, 4) is 0 Å². The molecule has 1 heterocycles. The van der Waals surface area contributed by atoms with Gasteiger partial charge in [0, 0.05) is 17.0 Å². The summed E-state index contributed by atoms with van der Waals surface area (Å²) in [6, 6.07) is 11.4. The molecule has 0 unspecified atom stereocenters. The van der Waals surface area contributed by atoms with Gasteiger partial charge in [-0.15, -0.1) is 11.8 Å². The minimum atomic E-state index is -0.0478. The minimum absolute atomic E-state index is 0.0478. The van der Waals surface area contributed by atoms with Crippen LogP contribution in [-0.4, -0.2) is 16.6 Å². The van der Waals surface area contributed by atoms with E-state index >= 15 is 0 Å². The van der Waals surface area contributed by atoms with Crippen LogP contribution in [0.2, 0.25) is 5.02 Å². The maximum Gasteiger partial charge on any atom is 0.235 e. The third kappa shape index (κ3) is 4.87. The molecule has 104 valence electrons. The zero-order chi connectivity index (χ0) is 14.4. The van der Waals surface area contributed by atoms with Gasteiger partial charge in [0.2, 0.25) is 5.91 Å². The molecule has 5 heteroatoms. The number of carbonyl (C=O) groups excluding carboxylic acids is 1. The van der Waals surface area contributed by atoms with Crippen molar-refractivity contribution in [2.24, 2.45) is 0 Å². The molecule has 0 aliphatic rings. The molecule has 0 fully saturated rings. The van der Waals surface area contributed by atoms with E-state index in [4.69, 9.17) is 11.6 Å². The molecule has 20 heavy (non-hydrogen) atoms. The Labute approximate surface area is 127 Å². The van der Waals surface area contributed by atoms with Crippen molar-refractivity contribution in [3.05, 3.63) is 58.7 Å². The van der Waals surface area contributed by atoms with Crippen LogP contribution in [0.4, 0.5) is 5.82 Å². The third-order valence-corrected chi connectivity index (χ3v) is 3.81. The average Bonchev–Trinajstić information content (AvgIpc) is 2.41. The molecule has 1 N–H and O–H groups in total. The topological polar surface area (TPSA) is 42.0 Å². The van der Waals surface area contributed by atoms with E-state index in [0.717, 1.165) is 21.9 Å². The van der Waals surface area contributed by atoms with Crippen molar-refractivity contribution in [2.45, 2.75) is 12.7 Å². The maximum absolute atomic E-state index is 11.8. The first-order valence-electron chi connectivity index (χ1n) is 6.18. The molecule has 0 aliphatic carbocycles. The highest BCUT2D eigenvalue weighted by molar-refractivity contribution is 7.99. The van der Waals surface area contributed by atoms with Gasteiger partial charge in [0.05, 0.1) is 5.75 Å². The number of hydrogen-bond acceptors (Lipinski definition) is 3. The zero-order valence-electron chi connectivity index (χ0n) is 11.1. The van der Waals surface area contributed by atoms with Gasteiger partial charge in [0.15, 0.2) is 0 Å². The molecule has 0 bridgehead atoms. The van der Waals surface area contributed by atoms with E-state index in [-0.39, 0.29) is 5.91 Å². The van der Waals surface area contributed by atoms with Crippen molar-refractivity contribution < 1.29 is 4.79 Å². The normalized spacial score (nSPS) is 10.3. The van der Waals surface area contributed by atoms with E-state index in [9.17, 15) is 4.79 Å². The monoisotopic (exact) mass is 306 g/mol. The number of amides is 1. The molecule has 1 aromatic carbocycles. The highest BCUT2D eigenvalue weighted by Gasteiger charge is 2.04. The number of aryl methyl sites for hydroxylation is 1. The summed E-state index contributed by atoms with van der Waals surface area (Å²) in [5, 5.41) is 3.49. The second-order valence-electron chi connectivity index (χ2n) is 4.39. The Bertz CT molecular complexity index is 587. The molecule has 0 saturated carbocycles. The minimum Gasteiger partial charge on any atom is -0.310 e. The van der Waals surface area contributed by atoms with E-state index in [1.54, 1.807) is 24.0 Å². The maximum atomic E-state index is 11.8. The van der Waals surface area contributed by atoms with Crippen molar-refractivity contribution in [3.63, 3.8) is 0 Å².